The average Bonchev–Trinajstić information content (AvgIpc) is 2.13. The van der Waals surface area contributed by atoms with Crippen molar-refractivity contribution in [2.24, 2.45) is 0 Å². The summed E-state index contributed by atoms with van der Waals surface area (Å²) in [6.07, 6.45) is -8.63. The monoisotopic (exact) mass is 259 g/mol. The topological polar surface area (TPSA) is 50.9 Å². The molecule has 0 fully saturated rings. The molecule has 3 nitrogen and oxygen atoms in total. The molecule has 1 heterocycles. The van der Waals surface area contributed by atoms with Gasteiger partial charge in [-0.3, -0.25) is 0 Å². The second kappa shape index (κ2) is 4.30. The molecular weight excluding hydrogens is 252 g/mol. The number of hydrogen-bond acceptors (Lipinski definition) is 3. The summed E-state index contributed by atoms with van der Waals surface area (Å²) in [5.74, 6) is 0. The number of rotatable bonds is 2. The Labute approximate surface area is 91.6 Å². The molecule has 0 aliphatic carbocycles. The molecule has 1 aromatic rings. The Morgan fingerprint density at radius 1 is 1.18 bits per heavy atom. The summed E-state index contributed by atoms with van der Waals surface area (Å²) >= 11 is 0. The second-order valence-electron chi connectivity index (χ2n) is 3.12. The minimum atomic E-state index is -4.73. The summed E-state index contributed by atoms with van der Waals surface area (Å²) in [5.41, 5.74) is 3.15. The maximum Gasteiger partial charge on any atom is 0.433 e. The molecule has 0 unspecified atom stereocenters. The van der Waals surface area contributed by atoms with Crippen molar-refractivity contribution >= 4 is 11.4 Å². The number of aromatic nitrogens is 1. The predicted molar refractivity (Wildman–Crippen MR) is 48.2 cm³/mol. The van der Waals surface area contributed by atoms with Gasteiger partial charge in [-0.15, -0.1) is 0 Å². The molecule has 3 N–H and O–H groups in total. The zero-order valence-electron chi connectivity index (χ0n) is 8.15. The van der Waals surface area contributed by atoms with E-state index in [1.54, 1.807) is 5.32 Å². The number of nitrogen functional groups attached to an aromatic ring is 1. The van der Waals surface area contributed by atoms with Crippen molar-refractivity contribution in [1.29, 1.82) is 0 Å². The van der Waals surface area contributed by atoms with Gasteiger partial charge in [0.25, 0.3) is 0 Å². The minimum absolute atomic E-state index is 0.290. The quantitative estimate of drug-likeness (QED) is 0.803. The highest BCUT2D eigenvalue weighted by molar-refractivity contribution is 5.65. The lowest BCUT2D eigenvalue weighted by Crippen LogP contribution is -2.22. The number of anilines is 2. The smallest absolute Gasteiger partial charge is 0.396 e. The Morgan fingerprint density at radius 3 is 2.24 bits per heavy atom. The van der Waals surface area contributed by atoms with Gasteiger partial charge >= 0.3 is 12.4 Å². The number of nitrogens with one attached hydrogen (secondary N) is 1. The third kappa shape index (κ3) is 4.00. The van der Waals surface area contributed by atoms with Crippen LogP contribution < -0.4 is 11.1 Å². The molecule has 0 saturated heterocycles. The second-order valence-corrected chi connectivity index (χ2v) is 3.12. The first-order valence-electron chi connectivity index (χ1n) is 4.23. The van der Waals surface area contributed by atoms with Crippen molar-refractivity contribution in [3.05, 3.63) is 18.0 Å². The molecule has 1 rings (SSSR count). The van der Waals surface area contributed by atoms with Crippen LogP contribution >= 0.6 is 0 Å². The van der Waals surface area contributed by atoms with Crippen LogP contribution in [0.1, 0.15) is 5.69 Å². The molecule has 0 aliphatic heterocycles. The zero-order chi connectivity index (χ0) is 13.3. The van der Waals surface area contributed by atoms with E-state index >= 15 is 0 Å². The molecule has 0 amide bonds. The molecule has 9 heteroatoms. The first-order valence-corrected chi connectivity index (χ1v) is 4.23. The van der Waals surface area contributed by atoms with E-state index < -0.39 is 30.3 Å². The Bertz CT molecular complexity index is 397. The number of nitrogens with two attached hydrogens (primary N) is 1. The van der Waals surface area contributed by atoms with E-state index in [4.69, 9.17) is 5.73 Å². The third-order valence-electron chi connectivity index (χ3n) is 1.70. The van der Waals surface area contributed by atoms with Gasteiger partial charge in [0.1, 0.15) is 12.2 Å². The van der Waals surface area contributed by atoms with Crippen LogP contribution in [0.25, 0.3) is 0 Å². The maximum absolute atomic E-state index is 12.2. The van der Waals surface area contributed by atoms with Gasteiger partial charge in [-0.1, -0.05) is 0 Å². The SMILES string of the molecule is Nc1cnc(C(F)(F)F)cc1NCC(F)(F)F. The van der Waals surface area contributed by atoms with Crippen LogP contribution in [0.15, 0.2) is 12.3 Å². The highest BCUT2D eigenvalue weighted by atomic mass is 19.4. The highest BCUT2D eigenvalue weighted by Gasteiger charge is 2.33. The molecule has 1 aromatic heterocycles. The fourth-order valence-electron chi connectivity index (χ4n) is 0.970. The van der Waals surface area contributed by atoms with Gasteiger partial charge in [-0.05, 0) is 6.07 Å². The van der Waals surface area contributed by atoms with Crippen LogP contribution in [0.4, 0.5) is 37.7 Å². The van der Waals surface area contributed by atoms with Crippen LogP contribution in [0, 0.1) is 0 Å². The fraction of sp³-hybridized carbons (Fsp3) is 0.375. The molecule has 0 aromatic carbocycles. The lowest BCUT2D eigenvalue weighted by atomic mass is 10.2. The van der Waals surface area contributed by atoms with E-state index in [1.165, 1.54) is 0 Å². The van der Waals surface area contributed by atoms with E-state index in [2.05, 4.69) is 4.98 Å². The zero-order valence-corrected chi connectivity index (χ0v) is 8.15. The van der Waals surface area contributed by atoms with Crippen LogP contribution in [-0.4, -0.2) is 17.7 Å². The third-order valence-corrected chi connectivity index (χ3v) is 1.70. The van der Waals surface area contributed by atoms with E-state index in [-0.39, 0.29) is 5.69 Å². The van der Waals surface area contributed by atoms with Gasteiger partial charge in [0.15, 0.2) is 0 Å². The number of alkyl halides is 6. The molecule has 0 saturated carbocycles. The van der Waals surface area contributed by atoms with Gasteiger partial charge in [-0.25, -0.2) is 4.98 Å². The van der Waals surface area contributed by atoms with Crippen molar-refractivity contribution in [3.8, 4) is 0 Å². The summed E-state index contributed by atoms with van der Waals surface area (Å²) in [4.78, 5) is 2.98. The van der Waals surface area contributed by atoms with E-state index in [0.29, 0.717) is 12.3 Å². The number of halogens is 6. The Morgan fingerprint density at radius 2 is 1.76 bits per heavy atom. The van der Waals surface area contributed by atoms with Crippen LogP contribution in [0.5, 0.6) is 0 Å². The molecule has 17 heavy (non-hydrogen) atoms. The summed E-state index contributed by atoms with van der Waals surface area (Å²) in [5, 5.41) is 1.78. The van der Waals surface area contributed by atoms with Gasteiger partial charge in [0.05, 0.1) is 17.6 Å². The summed E-state index contributed by atoms with van der Waals surface area (Å²) < 4.78 is 72.3. The first-order chi connectivity index (χ1) is 7.59. The molecule has 0 radical (unpaired) electrons. The largest absolute Gasteiger partial charge is 0.433 e. The Hall–Kier alpha value is -1.67. The standard InChI is InChI=1S/C8H7F6N3/c9-7(10,11)3-17-5-1-6(8(12,13)14)16-2-4(5)15/h1-2H,3,15H2,(H,16,17). The van der Waals surface area contributed by atoms with Crippen molar-refractivity contribution in [2.45, 2.75) is 12.4 Å². The number of hydrogen-bond donors (Lipinski definition) is 2. The molecule has 0 atom stereocenters. The summed E-state index contributed by atoms with van der Waals surface area (Å²) in [6, 6.07) is 0.432. The average molecular weight is 259 g/mol. The molecule has 0 spiro atoms. The fourth-order valence-corrected chi connectivity index (χ4v) is 0.970. The van der Waals surface area contributed by atoms with E-state index in [9.17, 15) is 26.3 Å². The van der Waals surface area contributed by atoms with E-state index in [1.807, 2.05) is 0 Å². The van der Waals surface area contributed by atoms with Gasteiger partial charge < -0.3 is 11.1 Å². The Kier molecular flexibility index (Phi) is 3.39. The predicted octanol–water partition coefficient (Wildman–Crippen LogP) is 2.66. The van der Waals surface area contributed by atoms with E-state index in [0.717, 1.165) is 0 Å². The van der Waals surface area contributed by atoms with Crippen molar-refractivity contribution in [3.63, 3.8) is 0 Å². The molecule has 96 valence electrons. The van der Waals surface area contributed by atoms with Gasteiger partial charge in [0.2, 0.25) is 0 Å². The normalized spacial score (nSPS) is 12.6. The summed E-state index contributed by atoms with van der Waals surface area (Å²) in [6.45, 7) is -1.47. The minimum Gasteiger partial charge on any atom is -0.396 e. The maximum atomic E-state index is 12.2. The van der Waals surface area contributed by atoms with Crippen molar-refractivity contribution < 1.29 is 26.3 Å². The van der Waals surface area contributed by atoms with Crippen molar-refractivity contribution in [2.75, 3.05) is 17.6 Å². The Balaban J connectivity index is 2.92. The number of nitrogens with zero attached hydrogens (tertiary/aromatic N) is 1. The lowest BCUT2D eigenvalue weighted by molar-refractivity contribution is -0.141. The van der Waals surface area contributed by atoms with Gasteiger partial charge in [0, 0.05) is 0 Å². The van der Waals surface area contributed by atoms with Crippen molar-refractivity contribution in [1.82, 2.24) is 4.98 Å². The number of pyridine rings is 1. The summed E-state index contributed by atoms with van der Waals surface area (Å²) in [7, 11) is 0. The highest BCUT2D eigenvalue weighted by Crippen LogP contribution is 2.31. The molecule has 0 aliphatic rings. The first kappa shape index (κ1) is 13.4. The van der Waals surface area contributed by atoms with Gasteiger partial charge in [-0.2, -0.15) is 26.3 Å². The van der Waals surface area contributed by atoms with Crippen LogP contribution in [0.3, 0.4) is 0 Å². The molecular formula is C8H7F6N3. The van der Waals surface area contributed by atoms with Crippen LogP contribution in [-0.2, 0) is 6.18 Å². The lowest BCUT2D eigenvalue weighted by Gasteiger charge is -2.13. The molecule has 0 bridgehead atoms. The van der Waals surface area contributed by atoms with Crippen LogP contribution in [0.2, 0.25) is 0 Å².